The SMILES string of the molecule is CCCCCOc1ccc(C(=O)NC(=S)Nc2cccc(OCCOCC)c2)cc1. The Bertz CT molecular complexity index is 796. The number of hydrogen-bond donors (Lipinski definition) is 2. The van der Waals surface area contributed by atoms with Crippen LogP contribution in [0.1, 0.15) is 43.5 Å². The average Bonchev–Trinajstić information content (AvgIpc) is 2.75. The number of unbranched alkanes of at least 4 members (excludes halogenated alkanes) is 2. The molecule has 0 aliphatic rings. The van der Waals surface area contributed by atoms with Gasteiger partial charge in [0.15, 0.2) is 5.11 Å². The van der Waals surface area contributed by atoms with Crippen molar-refractivity contribution in [1.29, 1.82) is 0 Å². The van der Waals surface area contributed by atoms with Gasteiger partial charge in [0.2, 0.25) is 0 Å². The smallest absolute Gasteiger partial charge is 0.257 e. The first kappa shape index (κ1) is 23.6. The van der Waals surface area contributed by atoms with Crippen LogP contribution in [0.25, 0.3) is 0 Å². The van der Waals surface area contributed by atoms with Crippen LogP contribution in [0, 0.1) is 0 Å². The minimum Gasteiger partial charge on any atom is -0.494 e. The molecule has 6 nitrogen and oxygen atoms in total. The third kappa shape index (κ3) is 8.80. The molecule has 2 aromatic carbocycles. The van der Waals surface area contributed by atoms with E-state index in [1.54, 1.807) is 24.3 Å². The van der Waals surface area contributed by atoms with Gasteiger partial charge in [-0.05, 0) is 62.0 Å². The zero-order valence-corrected chi connectivity index (χ0v) is 18.4. The Morgan fingerprint density at radius 1 is 0.933 bits per heavy atom. The van der Waals surface area contributed by atoms with Gasteiger partial charge in [-0.1, -0.05) is 25.8 Å². The van der Waals surface area contributed by atoms with Crippen LogP contribution in [-0.4, -0.2) is 37.4 Å². The molecule has 0 aliphatic heterocycles. The van der Waals surface area contributed by atoms with Crippen molar-refractivity contribution in [2.24, 2.45) is 0 Å². The van der Waals surface area contributed by atoms with Crippen molar-refractivity contribution in [2.75, 3.05) is 31.7 Å². The van der Waals surface area contributed by atoms with Crippen LogP contribution in [0.4, 0.5) is 5.69 Å². The fraction of sp³-hybridized carbons (Fsp3) is 0.391. The number of benzene rings is 2. The van der Waals surface area contributed by atoms with E-state index >= 15 is 0 Å². The molecular formula is C23H30N2O4S. The molecule has 0 bridgehead atoms. The van der Waals surface area contributed by atoms with E-state index in [1.807, 2.05) is 31.2 Å². The lowest BCUT2D eigenvalue weighted by Crippen LogP contribution is -2.34. The normalized spacial score (nSPS) is 10.3. The standard InChI is InChI=1S/C23H30N2O4S/c1-3-5-6-14-28-20-12-10-18(11-13-20)22(26)25-23(30)24-19-8-7-9-21(17-19)29-16-15-27-4-2/h7-13,17H,3-6,14-16H2,1-2H3,(H2,24,25,26,30). The lowest BCUT2D eigenvalue weighted by atomic mass is 10.2. The Morgan fingerprint density at radius 3 is 2.43 bits per heavy atom. The largest absolute Gasteiger partial charge is 0.494 e. The number of nitrogens with one attached hydrogen (secondary N) is 2. The van der Waals surface area contributed by atoms with Gasteiger partial charge in [0.1, 0.15) is 18.1 Å². The van der Waals surface area contributed by atoms with E-state index in [2.05, 4.69) is 17.6 Å². The summed E-state index contributed by atoms with van der Waals surface area (Å²) in [6.45, 7) is 6.44. The maximum Gasteiger partial charge on any atom is 0.257 e. The number of hydrogen-bond acceptors (Lipinski definition) is 5. The van der Waals surface area contributed by atoms with Crippen LogP contribution in [0.3, 0.4) is 0 Å². The molecule has 0 saturated carbocycles. The molecule has 2 N–H and O–H groups in total. The number of ether oxygens (including phenoxy) is 3. The Labute approximate surface area is 183 Å². The number of carbonyl (C=O) groups is 1. The first-order valence-electron chi connectivity index (χ1n) is 10.3. The van der Waals surface area contributed by atoms with Crippen molar-refractivity contribution in [3.05, 3.63) is 54.1 Å². The molecule has 0 fully saturated rings. The van der Waals surface area contributed by atoms with Gasteiger partial charge in [-0.15, -0.1) is 0 Å². The maximum atomic E-state index is 12.4. The molecule has 0 heterocycles. The van der Waals surface area contributed by atoms with Gasteiger partial charge in [0.05, 0.1) is 13.2 Å². The Hall–Kier alpha value is -2.64. The van der Waals surface area contributed by atoms with E-state index in [-0.39, 0.29) is 11.0 Å². The molecule has 2 rings (SSSR count). The Morgan fingerprint density at radius 2 is 1.70 bits per heavy atom. The second-order valence-electron chi connectivity index (χ2n) is 6.56. The monoisotopic (exact) mass is 430 g/mol. The number of rotatable bonds is 12. The first-order chi connectivity index (χ1) is 14.6. The lowest BCUT2D eigenvalue weighted by molar-refractivity contribution is 0.0977. The van der Waals surface area contributed by atoms with Crippen molar-refractivity contribution in [1.82, 2.24) is 5.32 Å². The summed E-state index contributed by atoms with van der Waals surface area (Å²) < 4.78 is 16.5. The zero-order chi connectivity index (χ0) is 21.6. The molecule has 0 spiro atoms. The minimum absolute atomic E-state index is 0.214. The number of amides is 1. The minimum atomic E-state index is -0.283. The van der Waals surface area contributed by atoms with Gasteiger partial charge in [0, 0.05) is 23.9 Å². The van der Waals surface area contributed by atoms with E-state index in [0.717, 1.165) is 30.7 Å². The van der Waals surface area contributed by atoms with Crippen molar-refractivity contribution in [3.63, 3.8) is 0 Å². The van der Waals surface area contributed by atoms with Gasteiger partial charge in [-0.25, -0.2) is 0 Å². The summed E-state index contributed by atoms with van der Waals surface area (Å²) in [6.07, 6.45) is 3.33. The predicted molar refractivity (Wildman–Crippen MR) is 124 cm³/mol. The predicted octanol–water partition coefficient (Wildman–Crippen LogP) is 4.80. The van der Waals surface area contributed by atoms with Gasteiger partial charge >= 0.3 is 0 Å². The van der Waals surface area contributed by atoms with E-state index in [0.29, 0.717) is 37.7 Å². The molecule has 0 atom stereocenters. The number of anilines is 1. The highest BCUT2D eigenvalue weighted by atomic mass is 32.1. The summed E-state index contributed by atoms with van der Waals surface area (Å²) in [6, 6.07) is 14.4. The molecule has 0 unspecified atom stereocenters. The van der Waals surface area contributed by atoms with Crippen molar-refractivity contribution >= 4 is 28.9 Å². The maximum absolute atomic E-state index is 12.4. The van der Waals surface area contributed by atoms with Crippen molar-refractivity contribution in [3.8, 4) is 11.5 Å². The second-order valence-corrected chi connectivity index (χ2v) is 6.97. The molecule has 7 heteroatoms. The first-order valence-corrected chi connectivity index (χ1v) is 10.7. The molecule has 162 valence electrons. The number of thiocarbonyl (C=S) groups is 1. The summed E-state index contributed by atoms with van der Waals surface area (Å²) in [4.78, 5) is 12.4. The van der Waals surface area contributed by atoms with Crippen molar-refractivity contribution < 1.29 is 19.0 Å². The van der Waals surface area contributed by atoms with Crippen LogP contribution in [0.5, 0.6) is 11.5 Å². The molecule has 0 aliphatic carbocycles. The third-order valence-corrected chi connectivity index (χ3v) is 4.36. The van der Waals surface area contributed by atoms with Crippen LogP contribution < -0.4 is 20.1 Å². The molecule has 2 aromatic rings. The molecular weight excluding hydrogens is 400 g/mol. The molecule has 0 saturated heterocycles. The highest BCUT2D eigenvalue weighted by Crippen LogP contribution is 2.17. The van der Waals surface area contributed by atoms with E-state index in [1.165, 1.54) is 0 Å². The summed E-state index contributed by atoms with van der Waals surface area (Å²) >= 11 is 5.26. The average molecular weight is 431 g/mol. The fourth-order valence-corrected chi connectivity index (χ4v) is 2.82. The van der Waals surface area contributed by atoms with Crippen LogP contribution >= 0.6 is 12.2 Å². The highest BCUT2D eigenvalue weighted by Gasteiger charge is 2.09. The van der Waals surface area contributed by atoms with Gasteiger partial charge in [0.25, 0.3) is 5.91 Å². The van der Waals surface area contributed by atoms with Gasteiger partial charge < -0.3 is 19.5 Å². The van der Waals surface area contributed by atoms with Crippen LogP contribution in [-0.2, 0) is 4.74 Å². The van der Waals surface area contributed by atoms with E-state index in [4.69, 9.17) is 26.4 Å². The Kier molecular flexibility index (Phi) is 10.7. The lowest BCUT2D eigenvalue weighted by Gasteiger charge is -2.12. The third-order valence-electron chi connectivity index (χ3n) is 4.15. The molecule has 1 amide bonds. The summed E-state index contributed by atoms with van der Waals surface area (Å²) in [5, 5.41) is 5.90. The van der Waals surface area contributed by atoms with Crippen molar-refractivity contribution in [2.45, 2.75) is 33.1 Å². The quantitative estimate of drug-likeness (QED) is 0.372. The highest BCUT2D eigenvalue weighted by molar-refractivity contribution is 7.80. The molecule has 30 heavy (non-hydrogen) atoms. The fourth-order valence-electron chi connectivity index (χ4n) is 2.61. The zero-order valence-electron chi connectivity index (χ0n) is 17.6. The Balaban J connectivity index is 1.80. The number of carbonyl (C=O) groups excluding carboxylic acids is 1. The topological polar surface area (TPSA) is 68.8 Å². The second kappa shape index (κ2) is 13.6. The van der Waals surface area contributed by atoms with Gasteiger partial charge in [-0.2, -0.15) is 0 Å². The van der Waals surface area contributed by atoms with Gasteiger partial charge in [-0.3, -0.25) is 10.1 Å². The summed E-state index contributed by atoms with van der Waals surface area (Å²) in [7, 11) is 0. The van der Waals surface area contributed by atoms with E-state index < -0.39 is 0 Å². The van der Waals surface area contributed by atoms with E-state index in [9.17, 15) is 4.79 Å². The summed E-state index contributed by atoms with van der Waals surface area (Å²) in [5.41, 5.74) is 1.23. The molecule has 0 aromatic heterocycles. The van der Waals surface area contributed by atoms with Crippen LogP contribution in [0.15, 0.2) is 48.5 Å². The molecule has 0 radical (unpaired) electrons. The van der Waals surface area contributed by atoms with Crippen LogP contribution in [0.2, 0.25) is 0 Å². The summed E-state index contributed by atoms with van der Waals surface area (Å²) in [5.74, 6) is 1.17.